The molecule has 0 aliphatic carbocycles. The van der Waals surface area contributed by atoms with Crippen molar-refractivity contribution in [2.24, 2.45) is 10.8 Å². The Kier molecular flexibility index (Phi) is 2.39. The van der Waals surface area contributed by atoms with Crippen molar-refractivity contribution in [3.8, 4) is 0 Å². The lowest BCUT2D eigenvalue weighted by Crippen LogP contribution is -2.23. The second kappa shape index (κ2) is 3.57. The van der Waals surface area contributed by atoms with E-state index in [4.69, 9.17) is 5.73 Å². The Balaban J connectivity index is 2.38. The zero-order chi connectivity index (χ0) is 11.0. The standard InChI is InChI=1S/C12H17N3/c1-8-4-5-11(9(2)6-8)15-10(3)7-12(13)14-15/h4-6,10H,7H2,1-3H3,(H2,13,14). The van der Waals surface area contributed by atoms with Gasteiger partial charge in [0.2, 0.25) is 0 Å². The molecule has 3 nitrogen and oxygen atoms in total. The number of aryl methyl sites for hydroxylation is 2. The van der Waals surface area contributed by atoms with Gasteiger partial charge >= 0.3 is 0 Å². The van der Waals surface area contributed by atoms with Gasteiger partial charge in [-0.2, -0.15) is 5.10 Å². The Labute approximate surface area is 90.6 Å². The molecule has 1 atom stereocenters. The Morgan fingerprint density at radius 3 is 2.67 bits per heavy atom. The van der Waals surface area contributed by atoms with E-state index in [1.807, 2.05) is 5.01 Å². The quantitative estimate of drug-likeness (QED) is 0.760. The molecule has 0 amide bonds. The molecular formula is C12H17N3. The van der Waals surface area contributed by atoms with Crippen molar-refractivity contribution in [2.45, 2.75) is 33.2 Å². The summed E-state index contributed by atoms with van der Waals surface area (Å²) < 4.78 is 0. The van der Waals surface area contributed by atoms with E-state index in [1.165, 1.54) is 11.1 Å². The molecule has 1 aliphatic heterocycles. The van der Waals surface area contributed by atoms with Gasteiger partial charge in [-0.1, -0.05) is 17.7 Å². The summed E-state index contributed by atoms with van der Waals surface area (Å²) in [6.45, 7) is 6.35. The summed E-state index contributed by atoms with van der Waals surface area (Å²) in [5, 5.41) is 6.38. The van der Waals surface area contributed by atoms with Crippen LogP contribution in [0.4, 0.5) is 5.69 Å². The van der Waals surface area contributed by atoms with Crippen LogP contribution < -0.4 is 10.7 Å². The highest BCUT2D eigenvalue weighted by Gasteiger charge is 2.22. The molecule has 0 aromatic heterocycles. The molecule has 0 spiro atoms. The van der Waals surface area contributed by atoms with Gasteiger partial charge in [0, 0.05) is 6.42 Å². The first kappa shape index (κ1) is 10.0. The molecule has 80 valence electrons. The van der Waals surface area contributed by atoms with Gasteiger partial charge in [-0.05, 0) is 32.4 Å². The van der Waals surface area contributed by atoms with Gasteiger partial charge in [0.1, 0.15) is 5.84 Å². The Bertz CT molecular complexity index is 409. The number of hydrogen-bond acceptors (Lipinski definition) is 3. The Morgan fingerprint density at radius 2 is 2.13 bits per heavy atom. The van der Waals surface area contributed by atoms with Crippen molar-refractivity contribution < 1.29 is 0 Å². The number of nitrogens with zero attached hydrogens (tertiary/aromatic N) is 2. The third-order valence-electron chi connectivity index (χ3n) is 2.76. The first-order valence-electron chi connectivity index (χ1n) is 5.27. The predicted octanol–water partition coefficient (Wildman–Crippen LogP) is 2.17. The van der Waals surface area contributed by atoms with Crippen LogP contribution in [0.5, 0.6) is 0 Å². The van der Waals surface area contributed by atoms with Crippen molar-refractivity contribution in [2.75, 3.05) is 5.01 Å². The fourth-order valence-corrected chi connectivity index (χ4v) is 2.02. The highest BCUT2D eigenvalue weighted by Crippen LogP contribution is 2.27. The molecule has 3 heteroatoms. The van der Waals surface area contributed by atoms with Gasteiger partial charge in [-0.25, -0.2) is 0 Å². The van der Waals surface area contributed by atoms with Crippen LogP contribution in [0.2, 0.25) is 0 Å². The molecule has 0 radical (unpaired) electrons. The van der Waals surface area contributed by atoms with E-state index < -0.39 is 0 Å². The SMILES string of the molecule is Cc1ccc(N2N=C(N)CC2C)c(C)c1. The molecule has 1 aromatic carbocycles. The van der Waals surface area contributed by atoms with Gasteiger partial charge in [-0.3, -0.25) is 5.01 Å². The molecule has 0 bridgehead atoms. The number of benzene rings is 1. The number of anilines is 1. The first-order chi connectivity index (χ1) is 7.08. The van der Waals surface area contributed by atoms with E-state index in [0.29, 0.717) is 6.04 Å². The lowest BCUT2D eigenvalue weighted by atomic mass is 10.1. The summed E-state index contributed by atoms with van der Waals surface area (Å²) in [5.74, 6) is 0.725. The minimum Gasteiger partial charge on any atom is -0.386 e. The largest absolute Gasteiger partial charge is 0.386 e. The zero-order valence-electron chi connectivity index (χ0n) is 9.49. The summed E-state index contributed by atoms with van der Waals surface area (Å²) in [7, 11) is 0. The van der Waals surface area contributed by atoms with E-state index >= 15 is 0 Å². The van der Waals surface area contributed by atoms with Crippen LogP contribution in [0.1, 0.15) is 24.5 Å². The van der Waals surface area contributed by atoms with E-state index in [0.717, 1.165) is 17.9 Å². The van der Waals surface area contributed by atoms with Crippen molar-refractivity contribution in [3.05, 3.63) is 29.3 Å². The topological polar surface area (TPSA) is 41.6 Å². The lowest BCUT2D eigenvalue weighted by Gasteiger charge is -2.22. The van der Waals surface area contributed by atoms with Crippen LogP contribution in [0, 0.1) is 13.8 Å². The normalized spacial score (nSPS) is 20.6. The van der Waals surface area contributed by atoms with Crippen LogP contribution >= 0.6 is 0 Å². The summed E-state index contributed by atoms with van der Waals surface area (Å²) in [6, 6.07) is 6.76. The Hall–Kier alpha value is -1.51. The second-order valence-corrected chi connectivity index (χ2v) is 4.28. The van der Waals surface area contributed by atoms with Crippen LogP contribution in [-0.2, 0) is 0 Å². The highest BCUT2D eigenvalue weighted by molar-refractivity contribution is 5.85. The molecule has 0 saturated carbocycles. The molecule has 1 heterocycles. The fourth-order valence-electron chi connectivity index (χ4n) is 2.02. The monoisotopic (exact) mass is 203 g/mol. The maximum Gasteiger partial charge on any atom is 0.122 e. The van der Waals surface area contributed by atoms with E-state index in [2.05, 4.69) is 44.1 Å². The predicted molar refractivity (Wildman–Crippen MR) is 64.1 cm³/mol. The molecule has 1 aromatic rings. The lowest BCUT2D eigenvalue weighted by molar-refractivity contribution is 0.721. The number of rotatable bonds is 1. The van der Waals surface area contributed by atoms with Crippen molar-refractivity contribution in [1.82, 2.24) is 0 Å². The fraction of sp³-hybridized carbons (Fsp3) is 0.417. The third kappa shape index (κ3) is 1.82. The van der Waals surface area contributed by atoms with Crippen LogP contribution in [-0.4, -0.2) is 11.9 Å². The first-order valence-corrected chi connectivity index (χ1v) is 5.27. The minimum absolute atomic E-state index is 0.367. The zero-order valence-corrected chi connectivity index (χ0v) is 9.49. The van der Waals surface area contributed by atoms with E-state index in [9.17, 15) is 0 Å². The average molecular weight is 203 g/mol. The molecular weight excluding hydrogens is 186 g/mol. The summed E-state index contributed by atoms with van der Waals surface area (Å²) in [6.07, 6.45) is 0.854. The molecule has 1 unspecified atom stereocenters. The van der Waals surface area contributed by atoms with Gasteiger partial charge in [0.25, 0.3) is 0 Å². The van der Waals surface area contributed by atoms with E-state index in [-0.39, 0.29) is 0 Å². The third-order valence-corrected chi connectivity index (χ3v) is 2.76. The van der Waals surface area contributed by atoms with Crippen LogP contribution in [0.25, 0.3) is 0 Å². The van der Waals surface area contributed by atoms with Crippen molar-refractivity contribution >= 4 is 11.5 Å². The van der Waals surface area contributed by atoms with Gasteiger partial charge in [-0.15, -0.1) is 0 Å². The number of amidine groups is 1. The smallest absolute Gasteiger partial charge is 0.122 e. The molecule has 0 fully saturated rings. The van der Waals surface area contributed by atoms with E-state index in [1.54, 1.807) is 0 Å². The Morgan fingerprint density at radius 1 is 1.40 bits per heavy atom. The number of hydrogen-bond donors (Lipinski definition) is 1. The average Bonchev–Trinajstić information content (AvgIpc) is 2.45. The van der Waals surface area contributed by atoms with Crippen molar-refractivity contribution in [1.29, 1.82) is 0 Å². The van der Waals surface area contributed by atoms with Crippen LogP contribution in [0.15, 0.2) is 23.3 Å². The second-order valence-electron chi connectivity index (χ2n) is 4.28. The van der Waals surface area contributed by atoms with Crippen molar-refractivity contribution in [3.63, 3.8) is 0 Å². The van der Waals surface area contributed by atoms with Crippen LogP contribution in [0.3, 0.4) is 0 Å². The molecule has 0 saturated heterocycles. The summed E-state index contributed by atoms with van der Waals surface area (Å²) in [4.78, 5) is 0. The van der Waals surface area contributed by atoms with Gasteiger partial charge in [0.15, 0.2) is 0 Å². The van der Waals surface area contributed by atoms with Gasteiger partial charge < -0.3 is 5.73 Å². The minimum atomic E-state index is 0.367. The number of hydrazone groups is 1. The maximum absolute atomic E-state index is 5.74. The molecule has 15 heavy (non-hydrogen) atoms. The van der Waals surface area contributed by atoms with Gasteiger partial charge in [0.05, 0.1) is 11.7 Å². The molecule has 2 N–H and O–H groups in total. The summed E-state index contributed by atoms with van der Waals surface area (Å²) >= 11 is 0. The molecule has 2 rings (SSSR count). The summed E-state index contributed by atoms with van der Waals surface area (Å²) in [5.41, 5.74) is 9.43. The number of nitrogens with two attached hydrogens (primary N) is 1. The maximum atomic E-state index is 5.74. The highest BCUT2D eigenvalue weighted by atomic mass is 15.5. The molecule has 1 aliphatic rings.